The molecule has 26 heavy (non-hydrogen) atoms. The summed E-state index contributed by atoms with van der Waals surface area (Å²) in [6.45, 7) is 4.15. The van der Waals surface area contributed by atoms with Gasteiger partial charge in [-0.15, -0.1) is 0 Å². The SMILES string of the molecule is CO/N=C1\C[C@@H](C(C)O)N(C(=O)c2ccc(-c3ccccc3C)cc2)C1. The van der Waals surface area contributed by atoms with Crippen LogP contribution in [0.1, 0.15) is 29.3 Å². The average molecular weight is 352 g/mol. The normalized spacial score (nSPS) is 19.6. The van der Waals surface area contributed by atoms with Gasteiger partial charge in [-0.1, -0.05) is 41.6 Å². The largest absolute Gasteiger partial charge is 0.399 e. The van der Waals surface area contributed by atoms with Crippen LogP contribution in [0.15, 0.2) is 53.7 Å². The molecular weight excluding hydrogens is 328 g/mol. The Morgan fingerprint density at radius 3 is 2.54 bits per heavy atom. The van der Waals surface area contributed by atoms with E-state index in [-0.39, 0.29) is 11.9 Å². The van der Waals surface area contributed by atoms with Crippen LogP contribution >= 0.6 is 0 Å². The van der Waals surface area contributed by atoms with Gasteiger partial charge in [0.25, 0.3) is 5.91 Å². The molecular formula is C21H24N2O3. The van der Waals surface area contributed by atoms with Crippen molar-refractivity contribution in [3.63, 3.8) is 0 Å². The molecule has 1 fully saturated rings. The molecule has 1 heterocycles. The average Bonchev–Trinajstić information content (AvgIpc) is 3.06. The molecule has 3 rings (SSSR count). The highest BCUT2D eigenvalue weighted by Gasteiger charge is 2.36. The Kier molecular flexibility index (Phi) is 5.38. The molecule has 1 amide bonds. The van der Waals surface area contributed by atoms with Gasteiger partial charge in [-0.2, -0.15) is 0 Å². The number of carbonyl (C=O) groups excluding carboxylic acids is 1. The Bertz CT molecular complexity index is 812. The number of rotatable bonds is 4. The van der Waals surface area contributed by atoms with Crippen molar-refractivity contribution >= 4 is 11.6 Å². The molecule has 1 N–H and O–H groups in total. The van der Waals surface area contributed by atoms with Crippen LogP contribution in [0.3, 0.4) is 0 Å². The van der Waals surface area contributed by atoms with Crippen LogP contribution in [-0.2, 0) is 4.84 Å². The van der Waals surface area contributed by atoms with Crippen LogP contribution in [0, 0.1) is 6.92 Å². The van der Waals surface area contributed by atoms with E-state index in [9.17, 15) is 9.90 Å². The Morgan fingerprint density at radius 2 is 1.92 bits per heavy atom. The van der Waals surface area contributed by atoms with E-state index in [1.807, 2.05) is 36.4 Å². The maximum atomic E-state index is 12.9. The molecule has 0 bridgehead atoms. The molecule has 2 aromatic carbocycles. The smallest absolute Gasteiger partial charge is 0.254 e. The fourth-order valence-corrected chi connectivity index (χ4v) is 3.43. The minimum atomic E-state index is -0.630. The lowest BCUT2D eigenvalue weighted by atomic mass is 9.99. The van der Waals surface area contributed by atoms with E-state index in [0.717, 1.165) is 16.8 Å². The maximum Gasteiger partial charge on any atom is 0.254 e. The zero-order valence-corrected chi connectivity index (χ0v) is 15.3. The van der Waals surface area contributed by atoms with Crippen LogP contribution in [0.5, 0.6) is 0 Å². The van der Waals surface area contributed by atoms with E-state index < -0.39 is 6.10 Å². The summed E-state index contributed by atoms with van der Waals surface area (Å²) in [5.74, 6) is -0.103. The number of hydrogen-bond acceptors (Lipinski definition) is 4. The van der Waals surface area contributed by atoms with E-state index in [4.69, 9.17) is 4.84 Å². The fraction of sp³-hybridized carbons (Fsp3) is 0.333. The molecule has 0 aliphatic carbocycles. The summed E-state index contributed by atoms with van der Waals surface area (Å²) >= 11 is 0. The highest BCUT2D eigenvalue weighted by atomic mass is 16.6. The number of likely N-dealkylation sites (tertiary alicyclic amines) is 1. The van der Waals surface area contributed by atoms with Gasteiger partial charge in [0.1, 0.15) is 7.11 Å². The highest BCUT2D eigenvalue weighted by Crippen LogP contribution is 2.25. The summed E-state index contributed by atoms with van der Waals surface area (Å²) in [6.07, 6.45) is -0.104. The first-order valence-electron chi connectivity index (χ1n) is 8.75. The summed E-state index contributed by atoms with van der Waals surface area (Å²) in [5, 5.41) is 14.0. The molecule has 2 aromatic rings. The molecule has 1 unspecified atom stereocenters. The van der Waals surface area contributed by atoms with Gasteiger partial charge in [0.15, 0.2) is 0 Å². The summed E-state index contributed by atoms with van der Waals surface area (Å²) in [5.41, 5.74) is 4.80. The predicted octanol–water partition coefficient (Wildman–Crippen LogP) is 3.26. The number of nitrogens with zero attached hydrogens (tertiary/aromatic N) is 2. The Balaban J connectivity index is 1.83. The van der Waals surface area contributed by atoms with Crippen molar-refractivity contribution in [1.82, 2.24) is 4.90 Å². The van der Waals surface area contributed by atoms with Gasteiger partial charge < -0.3 is 14.8 Å². The van der Waals surface area contributed by atoms with E-state index in [0.29, 0.717) is 18.5 Å². The molecule has 2 atom stereocenters. The first-order chi connectivity index (χ1) is 12.5. The second-order valence-corrected chi connectivity index (χ2v) is 6.68. The van der Waals surface area contributed by atoms with Gasteiger partial charge in [0.05, 0.1) is 24.4 Å². The molecule has 0 radical (unpaired) electrons. The second kappa shape index (κ2) is 7.70. The number of benzene rings is 2. The number of aliphatic hydroxyl groups excluding tert-OH is 1. The van der Waals surface area contributed by atoms with Crippen LogP contribution in [0.25, 0.3) is 11.1 Å². The minimum absolute atomic E-state index is 0.103. The van der Waals surface area contributed by atoms with Gasteiger partial charge in [-0.3, -0.25) is 4.79 Å². The van der Waals surface area contributed by atoms with Crippen molar-refractivity contribution in [2.75, 3.05) is 13.7 Å². The Hall–Kier alpha value is -2.66. The summed E-state index contributed by atoms with van der Waals surface area (Å²) in [6, 6.07) is 15.5. The lowest BCUT2D eigenvalue weighted by molar-refractivity contribution is 0.0538. The van der Waals surface area contributed by atoms with Crippen molar-refractivity contribution in [2.45, 2.75) is 32.4 Å². The molecule has 5 nitrogen and oxygen atoms in total. The van der Waals surface area contributed by atoms with E-state index in [1.54, 1.807) is 11.8 Å². The number of amides is 1. The van der Waals surface area contributed by atoms with E-state index in [2.05, 4.69) is 24.2 Å². The van der Waals surface area contributed by atoms with Crippen molar-refractivity contribution in [3.05, 3.63) is 59.7 Å². The van der Waals surface area contributed by atoms with Gasteiger partial charge >= 0.3 is 0 Å². The van der Waals surface area contributed by atoms with Crippen molar-refractivity contribution in [2.24, 2.45) is 5.16 Å². The third-order valence-corrected chi connectivity index (χ3v) is 4.82. The predicted molar refractivity (Wildman–Crippen MR) is 102 cm³/mol. The summed E-state index contributed by atoms with van der Waals surface area (Å²) < 4.78 is 0. The second-order valence-electron chi connectivity index (χ2n) is 6.68. The van der Waals surface area contributed by atoms with Crippen LogP contribution in [-0.4, -0.2) is 47.4 Å². The third kappa shape index (κ3) is 3.63. The Morgan fingerprint density at radius 1 is 1.23 bits per heavy atom. The number of hydrogen-bond donors (Lipinski definition) is 1. The molecule has 136 valence electrons. The van der Waals surface area contributed by atoms with Crippen molar-refractivity contribution < 1.29 is 14.7 Å². The van der Waals surface area contributed by atoms with Crippen LogP contribution < -0.4 is 0 Å². The number of carbonyl (C=O) groups is 1. The molecule has 0 spiro atoms. The number of aryl methyl sites for hydroxylation is 1. The van der Waals surface area contributed by atoms with Crippen molar-refractivity contribution in [1.29, 1.82) is 0 Å². The van der Waals surface area contributed by atoms with Crippen LogP contribution in [0.2, 0.25) is 0 Å². The summed E-state index contributed by atoms with van der Waals surface area (Å²) in [7, 11) is 1.49. The third-order valence-electron chi connectivity index (χ3n) is 4.82. The lowest BCUT2D eigenvalue weighted by Gasteiger charge is -2.26. The molecule has 5 heteroatoms. The zero-order chi connectivity index (χ0) is 18.7. The first-order valence-corrected chi connectivity index (χ1v) is 8.75. The van der Waals surface area contributed by atoms with Gasteiger partial charge in [0.2, 0.25) is 0 Å². The minimum Gasteiger partial charge on any atom is -0.399 e. The zero-order valence-electron chi connectivity index (χ0n) is 15.3. The molecule has 0 aromatic heterocycles. The van der Waals surface area contributed by atoms with Gasteiger partial charge in [0, 0.05) is 12.0 Å². The molecule has 1 saturated heterocycles. The van der Waals surface area contributed by atoms with Crippen molar-refractivity contribution in [3.8, 4) is 11.1 Å². The highest BCUT2D eigenvalue weighted by molar-refractivity contribution is 6.00. The first kappa shape index (κ1) is 18.1. The number of oxime groups is 1. The number of aliphatic hydroxyl groups is 1. The standard InChI is InChI=1S/C21H24N2O3/c1-14-6-4-5-7-19(14)16-8-10-17(11-9-16)21(25)23-13-18(22-26-3)12-20(23)15(2)24/h4-11,15,20,24H,12-13H2,1-3H3/b22-18+/t15?,20-/m0/s1. The van der Waals surface area contributed by atoms with Gasteiger partial charge in [-0.05, 0) is 42.7 Å². The molecule has 1 aliphatic heterocycles. The fourth-order valence-electron chi connectivity index (χ4n) is 3.43. The monoisotopic (exact) mass is 352 g/mol. The van der Waals surface area contributed by atoms with Crippen LogP contribution in [0.4, 0.5) is 0 Å². The topological polar surface area (TPSA) is 62.1 Å². The lowest BCUT2D eigenvalue weighted by Crippen LogP contribution is -2.41. The summed E-state index contributed by atoms with van der Waals surface area (Å²) in [4.78, 5) is 19.4. The Labute approximate surface area is 153 Å². The van der Waals surface area contributed by atoms with E-state index in [1.165, 1.54) is 12.7 Å². The van der Waals surface area contributed by atoms with E-state index >= 15 is 0 Å². The quantitative estimate of drug-likeness (QED) is 0.859. The van der Waals surface area contributed by atoms with Gasteiger partial charge in [-0.25, -0.2) is 0 Å². The molecule has 1 aliphatic rings. The maximum absolute atomic E-state index is 12.9. The molecule has 0 saturated carbocycles.